The second-order valence-corrected chi connectivity index (χ2v) is 8.10. The van der Waals surface area contributed by atoms with E-state index in [0.717, 1.165) is 31.1 Å². The average Bonchev–Trinajstić information content (AvgIpc) is 2.47. The third kappa shape index (κ3) is 23.9. The fourth-order valence-electron chi connectivity index (χ4n) is 3.11. The van der Waals surface area contributed by atoms with E-state index in [2.05, 4.69) is 47.6 Å². The monoisotopic (exact) mass is 342 g/mol. The Balaban J connectivity index is 0. The molecule has 0 aliphatic rings. The third-order valence-electron chi connectivity index (χ3n) is 4.16. The van der Waals surface area contributed by atoms with Gasteiger partial charge in [-0.25, -0.2) is 0 Å². The summed E-state index contributed by atoms with van der Waals surface area (Å²) in [5.74, 6) is 2.40. The minimum absolute atomic E-state index is 0.344. The zero-order valence-corrected chi connectivity index (χ0v) is 17.5. The van der Waals surface area contributed by atoms with E-state index in [4.69, 9.17) is 10.2 Å². The first-order chi connectivity index (χ1) is 11.3. The van der Waals surface area contributed by atoms with Gasteiger partial charge in [-0.05, 0) is 57.3 Å². The van der Waals surface area contributed by atoms with Crippen molar-refractivity contribution in [1.29, 1.82) is 0 Å². The molecule has 0 aromatic rings. The first-order valence-electron chi connectivity index (χ1n) is 10.2. The van der Waals surface area contributed by atoms with Crippen molar-refractivity contribution in [3.05, 3.63) is 11.6 Å². The van der Waals surface area contributed by atoms with Gasteiger partial charge < -0.3 is 10.2 Å². The fraction of sp³-hybridized carbons (Fsp3) is 0.909. The zero-order valence-electron chi connectivity index (χ0n) is 17.5. The lowest BCUT2D eigenvalue weighted by Gasteiger charge is -2.12. The SMILES string of the molecule is CC(C)=CC(C)CCCCCO.CC(C)CC(C)CCCCCO. The van der Waals surface area contributed by atoms with Crippen molar-refractivity contribution in [2.45, 2.75) is 99.3 Å². The van der Waals surface area contributed by atoms with Gasteiger partial charge in [0.2, 0.25) is 0 Å². The summed E-state index contributed by atoms with van der Waals surface area (Å²) in [7, 11) is 0. The molecule has 2 N–H and O–H groups in total. The number of aliphatic hydroxyl groups is 2. The summed E-state index contributed by atoms with van der Waals surface area (Å²) >= 11 is 0. The van der Waals surface area contributed by atoms with Gasteiger partial charge in [-0.2, -0.15) is 0 Å². The van der Waals surface area contributed by atoms with Crippen molar-refractivity contribution in [1.82, 2.24) is 0 Å². The van der Waals surface area contributed by atoms with E-state index in [-0.39, 0.29) is 0 Å². The summed E-state index contributed by atoms with van der Waals surface area (Å²) in [6.45, 7) is 14.1. The largest absolute Gasteiger partial charge is 0.396 e. The molecule has 0 saturated heterocycles. The van der Waals surface area contributed by atoms with Crippen LogP contribution in [0.4, 0.5) is 0 Å². The Morgan fingerprint density at radius 1 is 0.750 bits per heavy atom. The third-order valence-corrected chi connectivity index (χ3v) is 4.16. The van der Waals surface area contributed by atoms with E-state index < -0.39 is 0 Å². The Labute approximate surface area is 152 Å². The fourth-order valence-corrected chi connectivity index (χ4v) is 3.11. The number of unbranched alkanes of at least 4 members (excludes halogenated alkanes) is 4. The van der Waals surface area contributed by atoms with Crippen LogP contribution >= 0.6 is 0 Å². The molecule has 0 radical (unpaired) electrons. The lowest BCUT2D eigenvalue weighted by atomic mass is 9.94. The predicted octanol–water partition coefficient (Wildman–Crippen LogP) is 6.36. The highest BCUT2D eigenvalue weighted by molar-refractivity contribution is 4.95. The average molecular weight is 343 g/mol. The van der Waals surface area contributed by atoms with Gasteiger partial charge in [0.05, 0.1) is 0 Å². The van der Waals surface area contributed by atoms with Crippen LogP contribution in [0.2, 0.25) is 0 Å². The topological polar surface area (TPSA) is 40.5 Å². The molecule has 0 rings (SSSR count). The second kappa shape index (κ2) is 19.0. The minimum atomic E-state index is 0.344. The molecule has 0 aliphatic carbocycles. The van der Waals surface area contributed by atoms with Crippen LogP contribution < -0.4 is 0 Å². The van der Waals surface area contributed by atoms with Gasteiger partial charge in [0.1, 0.15) is 0 Å². The van der Waals surface area contributed by atoms with Crippen LogP contribution in [0.5, 0.6) is 0 Å². The lowest BCUT2D eigenvalue weighted by Crippen LogP contribution is -2.00. The van der Waals surface area contributed by atoms with E-state index in [9.17, 15) is 0 Å². The molecule has 0 saturated carbocycles. The number of allylic oxidation sites excluding steroid dienone is 2. The number of hydrogen-bond acceptors (Lipinski definition) is 2. The molecule has 2 atom stereocenters. The standard InChI is InChI=1S/C11H24O.C11H22O/c2*1-10(2)9-11(3)7-5-4-6-8-12/h10-12H,4-9H2,1-3H3;9,11-12H,4-8H2,1-3H3. The Kier molecular flexibility index (Phi) is 20.5. The quantitative estimate of drug-likeness (QED) is 0.302. The maximum Gasteiger partial charge on any atom is 0.0431 e. The highest BCUT2D eigenvalue weighted by Gasteiger charge is 2.04. The van der Waals surface area contributed by atoms with Crippen molar-refractivity contribution in [2.24, 2.45) is 17.8 Å². The Morgan fingerprint density at radius 2 is 1.25 bits per heavy atom. The van der Waals surface area contributed by atoms with E-state index in [1.807, 2.05) is 0 Å². The summed E-state index contributed by atoms with van der Waals surface area (Å²) in [4.78, 5) is 0. The lowest BCUT2D eigenvalue weighted by molar-refractivity contribution is 0.279. The van der Waals surface area contributed by atoms with Crippen LogP contribution in [0.3, 0.4) is 0 Å². The van der Waals surface area contributed by atoms with Gasteiger partial charge in [0.15, 0.2) is 0 Å². The normalized spacial score (nSPS) is 13.2. The first kappa shape index (κ1) is 25.9. The molecule has 0 bridgehead atoms. The number of hydrogen-bond donors (Lipinski definition) is 2. The molecule has 0 spiro atoms. The zero-order chi connectivity index (χ0) is 18.8. The van der Waals surface area contributed by atoms with Crippen LogP contribution in [0.1, 0.15) is 99.3 Å². The molecule has 0 fully saturated rings. The molecule has 24 heavy (non-hydrogen) atoms. The summed E-state index contributed by atoms with van der Waals surface area (Å²) in [5, 5.41) is 17.1. The highest BCUT2D eigenvalue weighted by Crippen LogP contribution is 2.17. The van der Waals surface area contributed by atoms with Crippen LogP contribution in [0, 0.1) is 17.8 Å². The summed E-state index contributed by atoms with van der Waals surface area (Å²) in [6, 6.07) is 0. The maximum atomic E-state index is 8.58. The summed E-state index contributed by atoms with van der Waals surface area (Å²) in [6.07, 6.45) is 13.1. The molecule has 0 aliphatic heterocycles. The molecular formula is C22H46O2. The summed E-state index contributed by atoms with van der Waals surface area (Å²) < 4.78 is 0. The Morgan fingerprint density at radius 3 is 1.67 bits per heavy atom. The molecule has 2 nitrogen and oxygen atoms in total. The number of aliphatic hydroxyl groups excluding tert-OH is 2. The number of rotatable bonds is 13. The highest BCUT2D eigenvalue weighted by atomic mass is 16.3. The van der Waals surface area contributed by atoms with Crippen molar-refractivity contribution >= 4 is 0 Å². The first-order valence-corrected chi connectivity index (χ1v) is 10.2. The van der Waals surface area contributed by atoms with Gasteiger partial charge in [-0.15, -0.1) is 0 Å². The molecule has 0 amide bonds. The van der Waals surface area contributed by atoms with Crippen LogP contribution in [0.25, 0.3) is 0 Å². The molecule has 146 valence electrons. The minimum Gasteiger partial charge on any atom is -0.396 e. The van der Waals surface area contributed by atoms with Gasteiger partial charge >= 0.3 is 0 Å². The van der Waals surface area contributed by atoms with E-state index in [0.29, 0.717) is 19.1 Å². The van der Waals surface area contributed by atoms with E-state index in [1.54, 1.807) is 0 Å². The van der Waals surface area contributed by atoms with E-state index >= 15 is 0 Å². The molecule has 2 heteroatoms. The van der Waals surface area contributed by atoms with Crippen LogP contribution in [0.15, 0.2) is 11.6 Å². The van der Waals surface area contributed by atoms with Crippen molar-refractivity contribution in [3.63, 3.8) is 0 Å². The van der Waals surface area contributed by atoms with Crippen molar-refractivity contribution < 1.29 is 10.2 Å². The predicted molar refractivity (Wildman–Crippen MR) is 108 cm³/mol. The summed E-state index contributed by atoms with van der Waals surface area (Å²) in [5.41, 5.74) is 1.41. The van der Waals surface area contributed by atoms with Gasteiger partial charge in [0, 0.05) is 13.2 Å². The Hall–Kier alpha value is -0.340. The molecule has 2 unspecified atom stereocenters. The van der Waals surface area contributed by atoms with Crippen molar-refractivity contribution in [2.75, 3.05) is 13.2 Å². The maximum absolute atomic E-state index is 8.58. The smallest absolute Gasteiger partial charge is 0.0431 e. The molecular weight excluding hydrogens is 296 g/mol. The van der Waals surface area contributed by atoms with Crippen LogP contribution in [-0.2, 0) is 0 Å². The molecule has 0 aromatic heterocycles. The van der Waals surface area contributed by atoms with E-state index in [1.165, 1.54) is 44.1 Å². The van der Waals surface area contributed by atoms with Crippen LogP contribution in [-0.4, -0.2) is 23.4 Å². The molecule has 0 heterocycles. The van der Waals surface area contributed by atoms with Crippen molar-refractivity contribution in [3.8, 4) is 0 Å². The van der Waals surface area contributed by atoms with Gasteiger partial charge in [-0.3, -0.25) is 0 Å². The molecule has 0 aromatic carbocycles. The second-order valence-electron chi connectivity index (χ2n) is 8.10. The van der Waals surface area contributed by atoms with Gasteiger partial charge in [-0.1, -0.05) is 71.4 Å². The van der Waals surface area contributed by atoms with Gasteiger partial charge in [0.25, 0.3) is 0 Å². The Bertz CT molecular complexity index is 267.